The van der Waals surface area contributed by atoms with Crippen molar-refractivity contribution in [1.29, 1.82) is 0 Å². The molecule has 5 nitrogen and oxygen atoms in total. The molecule has 5 heteroatoms. The molecule has 0 aliphatic heterocycles. The molecule has 0 heterocycles. The third kappa shape index (κ3) is 3.92. The number of rotatable bonds is 3. The number of hydrogen-bond acceptors (Lipinski definition) is 3. The number of hydrogen-bond donors (Lipinski definition) is 3. The number of amides is 2. The third-order valence-corrected chi connectivity index (χ3v) is 1.65. The van der Waals surface area contributed by atoms with Gasteiger partial charge in [0.2, 0.25) is 0 Å². The number of carbonyl (C=O) groups is 2. The molecule has 2 amide bonds. The minimum Gasteiger partial charge on any atom is -0.348 e. The molecule has 0 fully saturated rings. The van der Waals surface area contributed by atoms with Gasteiger partial charge in [-0.3, -0.25) is 15.0 Å². The van der Waals surface area contributed by atoms with E-state index in [1.807, 2.05) is 13.8 Å². The summed E-state index contributed by atoms with van der Waals surface area (Å²) in [5.41, 5.74) is 1.76. The zero-order valence-electron chi connectivity index (χ0n) is 7.39. The van der Waals surface area contributed by atoms with Crippen molar-refractivity contribution in [2.75, 3.05) is 6.54 Å². The molecule has 4 N–H and O–H groups in total. The van der Waals surface area contributed by atoms with Crippen LogP contribution in [0.15, 0.2) is 0 Å². The highest BCUT2D eigenvalue weighted by Gasteiger charge is 2.11. The van der Waals surface area contributed by atoms with E-state index in [-0.39, 0.29) is 0 Å². The van der Waals surface area contributed by atoms with Crippen molar-refractivity contribution in [2.45, 2.75) is 20.3 Å². The first-order valence-corrected chi connectivity index (χ1v) is 3.90. The van der Waals surface area contributed by atoms with E-state index in [2.05, 4.69) is 5.32 Å². The molecule has 0 saturated carbocycles. The molecule has 0 bridgehead atoms. The average molecular weight is 173 g/mol. The van der Waals surface area contributed by atoms with Gasteiger partial charge in [-0.25, -0.2) is 5.84 Å². The molecule has 0 aromatic carbocycles. The fraction of sp³-hybridized carbons (Fsp3) is 0.714. The minimum atomic E-state index is -0.807. The second-order valence-electron chi connectivity index (χ2n) is 2.70. The molecule has 0 aromatic rings. The Morgan fingerprint density at radius 1 is 1.42 bits per heavy atom. The molecule has 12 heavy (non-hydrogen) atoms. The Labute approximate surface area is 71.7 Å². The van der Waals surface area contributed by atoms with Crippen LogP contribution in [0.1, 0.15) is 20.3 Å². The van der Waals surface area contributed by atoms with Gasteiger partial charge in [-0.15, -0.1) is 0 Å². The quantitative estimate of drug-likeness (QED) is 0.225. The summed E-state index contributed by atoms with van der Waals surface area (Å²) in [6.07, 6.45) is 0.963. The Morgan fingerprint density at radius 3 is 2.42 bits per heavy atom. The van der Waals surface area contributed by atoms with Gasteiger partial charge >= 0.3 is 11.8 Å². The number of nitrogens with two attached hydrogens (primary N) is 1. The van der Waals surface area contributed by atoms with Crippen LogP contribution < -0.4 is 16.6 Å². The lowest BCUT2D eigenvalue weighted by atomic mass is 10.1. The normalized spacial score (nSPS) is 11.9. The molecule has 0 saturated heterocycles. The fourth-order valence-electron chi connectivity index (χ4n) is 0.557. The number of hydrazine groups is 1. The standard InChI is InChI=1S/C7H15N3O2/c1-3-5(2)4-9-6(11)7(12)10-8/h5H,3-4,8H2,1-2H3,(H,9,11)(H,10,12). The summed E-state index contributed by atoms with van der Waals surface area (Å²) < 4.78 is 0. The number of nitrogens with one attached hydrogen (secondary N) is 2. The van der Waals surface area contributed by atoms with E-state index in [4.69, 9.17) is 5.84 Å². The highest BCUT2D eigenvalue weighted by molar-refractivity contribution is 6.34. The molecule has 1 unspecified atom stereocenters. The minimum absolute atomic E-state index is 0.375. The van der Waals surface area contributed by atoms with E-state index < -0.39 is 11.8 Å². The topological polar surface area (TPSA) is 84.2 Å². The highest BCUT2D eigenvalue weighted by Crippen LogP contribution is 1.96. The summed E-state index contributed by atoms with van der Waals surface area (Å²) in [5, 5.41) is 2.45. The van der Waals surface area contributed by atoms with Crippen LogP contribution in [0.3, 0.4) is 0 Å². The maximum Gasteiger partial charge on any atom is 0.323 e. The van der Waals surface area contributed by atoms with Crippen molar-refractivity contribution >= 4 is 11.8 Å². The van der Waals surface area contributed by atoms with Crippen LogP contribution in [0.4, 0.5) is 0 Å². The Kier molecular flexibility index (Phi) is 5.03. The molecular formula is C7H15N3O2. The number of carbonyl (C=O) groups excluding carboxylic acids is 2. The van der Waals surface area contributed by atoms with Gasteiger partial charge < -0.3 is 5.32 Å². The van der Waals surface area contributed by atoms with Gasteiger partial charge in [0.05, 0.1) is 0 Å². The van der Waals surface area contributed by atoms with Gasteiger partial charge in [0.15, 0.2) is 0 Å². The van der Waals surface area contributed by atoms with Crippen LogP contribution in [0.2, 0.25) is 0 Å². The summed E-state index contributed by atoms with van der Waals surface area (Å²) in [7, 11) is 0. The molecule has 0 rings (SSSR count). The largest absolute Gasteiger partial charge is 0.348 e. The Hall–Kier alpha value is -1.10. The van der Waals surface area contributed by atoms with Crippen LogP contribution >= 0.6 is 0 Å². The van der Waals surface area contributed by atoms with Crippen molar-refractivity contribution in [2.24, 2.45) is 11.8 Å². The van der Waals surface area contributed by atoms with Crippen LogP contribution in [0, 0.1) is 5.92 Å². The third-order valence-electron chi connectivity index (χ3n) is 1.65. The lowest BCUT2D eigenvalue weighted by molar-refractivity contribution is -0.139. The molecule has 1 atom stereocenters. The van der Waals surface area contributed by atoms with Crippen molar-refractivity contribution < 1.29 is 9.59 Å². The molecule has 70 valence electrons. The van der Waals surface area contributed by atoms with Crippen molar-refractivity contribution in [1.82, 2.24) is 10.7 Å². The molecule has 0 aliphatic rings. The van der Waals surface area contributed by atoms with Crippen LogP contribution in [0.5, 0.6) is 0 Å². The van der Waals surface area contributed by atoms with E-state index in [9.17, 15) is 9.59 Å². The van der Waals surface area contributed by atoms with Crippen LogP contribution in [-0.4, -0.2) is 18.4 Å². The second-order valence-corrected chi connectivity index (χ2v) is 2.70. The smallest absolute Gasteiger partial charge is 0.323 e. The molecular weight excluding hydrogens is 158 g/mol. The van der Waals surface area contributed by atoms with Crippen LogP contribution in [-0.2, 0) is 9.59 Å². The first-order valence-electron chi connectivity index (χ1n) is 3.90. The van der Waals surface area contributed by atoms with Gasteiger partial charge in [0, 0.05) is 6.54 Å². The van der Waals surface area contributed by atoms with Crippen molar-refractivity contribution in [3.05, 3.63) is 0 Å². The Balaban J connectivity index is 3.64. The first kappa shape index (κ1) is 10.9. The zero-order valence-corrected chi connectivity index (χ0v) is 7.39. The fourth-order valence-corrected chi connectivity index (χ4v) is 0.557. The molecule has 0 spiro atoms. The monoisotopic (exact) mass is 173 g/mol. The van der Waals surface area contributed by atoms with E-state index in [0.29, 0.717) is 12.5 Å². The summed E-state index contributed by atoms with van der Waals surface area (Å²) >= 11 is 0. The first-order chi connectivity index (χ1) is 5.61. The van der Waals surface area contributed by atoms with Crippen molar-refractivity contribution in [3.63, 3.8) is 0 Å². The Morgan fingerprint density at radius 2 is 2.00 bits per heavy atom. The van der Waals surface area contributed by atoms with Gasteiger partial charge in [-0.1, -0.05) is 20.3 Å². The maximum absolute atomic E-state index is 10.8. The van der Waals surface area contributed by atoms with Gasteiger partial charge in [0.1, 0.15) is 0 Å². The average Bonchev–Trinajstić information content (AvgIpc) is 2.11. The molecule has 0 radical (unpaired) electrons. The predicted octanol–water partition coefficient (Wildman–Crippen LogP) is -0.861. The van der Waals surface area contributed by atoms with Gasteiger partial charge in [0.25, 0.3) is 0 Å². The van der Waals surface area contributed by atoms with Gasteiger partial charge in [-0.05, 0) is 5.92 Å². The van der Waals surface area contributed by atoms with Crippen molar-refractivity contribution in [3.8, 4) is 0 Å². The lowest BCUT2D eigenvalue weighted by Crippen LogP contribution is -2.44. The summed E-state index contributed by atoms with van der Waals surface area (Å²) in [4.78, 5) is 21.4. The summed E-state index contributed by atoms with van der Waals surface area (Å²) in [6, 6.07) is 0. The van der Waals surface area contributed by atoms with E-state index in [1.165, 1.54) is 0 Å². The summed E-state index contributed by atoms with van der Waals surface area (Å²) in [6.45, 7) is 4.50. The lowest BCUT2D eigenvalue weighted by Gasteiger charge is -2.08. The SMILES string of the molecule is CCC(C)CNC(=O)C(=O)NN. The van der Waals surface area contributed by atoms with E-state index >= 15 is 0 Å². The summed E-state index contributed by atoms with van der Waals surface area (Å²) in [5.74, 6) is 3.64. The van der Waals surface area contributed by atoms with Crippen LogP contribution in [0.25, 0.3) is 0 Å². The maximum atomic E-state index is 10.8. The zero-order chi connectivity index (χ0) is 9.56. The van der Waals surface area contributed by atoms with Gasteiger partial charge in [-0.2, -0.15) is 0 Å². The molecule has 0 aliphatic carbocycles. The van der Waals surface area contributed by atoms with E-state index in [0.717, 1.165) is 6.42 Å². The molecule has 0 aromatic heterocycles. The van der Waals surface area contributed by atoms with E-state index in [1.54, 1.807) is 5.43 Å². The Bertz CT molecular complexity index is 170. The second kappa shape index (κ2) is 5.54. The highest BCUT2D eigenvalue weighted by atomic mass is 16.2. The predicted molar refractivity (Wildman–Crippen MR) is 44.8 cm³/mol.